The lowest BCUT2D eigenvalue weighted by Gasteiger charge is -2.24. The zero-order chi connectivity index (χ0) is 14.1. The van der Waals surface area contributed by atoms with Gasteiger partial charge in [0.15, 0.2) is 0 Å². The molecule has 0 unspecified atom stereocenters. The van der Waals surface area contributed by atoms with Gasteiger partial charge < -0.3 is 15.3 Å². The van der Waals surface area contributed by atoms with Gasteiger partial charge in [-0.25, -0.2) is 0 Å². The van der Waals surface area contributed by atoms with Gasteiger partial charge in [-0.3, -0.25) is 14.5 Å². The number of nitrogens with one attached hydrogen (secondary N) is 1. The standard InChI is InChI=1S/C13H25N3O3/c1-12(17)14-5-9-16(8-4-13(18)19)11-10-15-6-2-3-7-15/h2-11H2,1H3,(H,14,17)(H,18,19). The van der Waals surface area contributed by atoms with Gasteiger partial charge in [-0.05, 0) is 25.9 Å². The molecule has 1 aliphatic rings. The van der Waals surface area contributed by atoms with E-state index in [0.717, 1.165) is 26.2 Å². The molecule has 0 aliphatic carbocycles. The third-order valence-corrected chi connectivity index (χ3v) is 3.38. The van der Waals surface area contributed by atoms with Crippen molar-refractivity contribution in [2.75, 3.05) is 45.8 Å². The summed E-state index contributed by atoms with van der Waals surface area (Å²) in [6.45, 7) is 7.48. The number of carbonyl (C=O) groups excluding carboxylic acids is 1. The zero-order valence-corrected chi connectivity index (χ0v) is 11.7. The van der Waals surface area contributed by atoms with Crippen molar-refractivity contribution in [3.63, 3.8) is 0 Å². The normalized spacial score (nSPS) is 15.9. The van der Waals surface area contributed by atoms with Crippen molar-refractivity contribution in [3.8, 4) is 0 Å². The quantitative estimate of drug-likeness (QED) is 0.617. The largest absolute Gasteiger partial charge is 0.481 e. The molecule has 0 spiro atoms. The molecule has 0 aromatic carbocycles. The molecule has 0 aromatic rings. The van der Waals surface area contributed by atoms with E-state index < -0.39 is 5.97 Å². The van der Waals surface area contributed by atoms with Crippen molar-refractivity contribution >= 4 is 11.9 Å². The van der Waals surface area contributed by atoms with Gasteiger partial charge in [0, 0.05) is 39.6 Å². The minimum Gasteiger partial charge on any atom is -0.481 e. The van der Waals surface area contributed by atoms with Gasteiger partial charge in [0.25, 0.3) is 0 Å². The number of amides is 1. The number of likely N-dealkylation sites (tertiary alicyclic amines) is 1. The fourth-order valence-corrected chi connectivity index (χ4v) is 2.27. The topological polar surface area (TPSA) is 72.9 Å². The van der Waals surface area contributed by atoms with Crippen LogP contribution in [0, 0.1) is 0 Å². The molecule has 110 valence electrons. The molecule has 1 amide bonds. The first-order chi connectivity index (χ1) is 9.08. The number of carboxylic acid groups (broad SMARTS) is 1. The van der Waals surface area contributed by atoms with Crippen molar-refractivity contribution < 1.29 is 14.7 Å². The Morgan fingerprint density at radius 2 is 1.89 bits per heavy atom. The summed E-state index contributed by atoms with van der Waals surface area (Å²) >= 11 is 0. The van der Waals surface area contributed by atoms with Crippen LogP contribution in [0.4, 0.5) is 0 Å². The van der Waals surface area contributed by atoms with Crippen LogP contribution in [0.25, 0.3) is 0 Å². The summed E-state index contributed by atoms with van der Waals surface area (Å²) in [4.78, 5) is 26.0. The van der Waals surface area contributed by atoms with Gasteiger partial charge in [0.2, 0.25) is 5.91 Å². The number of nitrogens with zero attached hydrogens (tertiary/aromatic N) is 2. The molecule has 1 rings (SSSR count). The van der Waals surface area contributed by atoms with Gasteiger partial charge in [-0.1, -0.05) is 0 Å². The van der Waals surface area contributed by atoms with Crippen LogP contribution in [0.1, 0.15) is 26.2 Å². The molecule has 6 nitrogen and oxygen atoms in total. The number of hydrogen-bond donors (Lipinski definition) is 2. The summed E-state index contributed by atoms with van der Waals surface area (Å²) in [6.07, 6.45) is 2.68. The molecular formula is C13H25N3O3. The number of aliphatic carboxylic acids is 1. The zero-order valence-electron chi connectivity index (χ0n) is 11.7. The Balaban J connectivity index is 2.25. The first kappa shape index (κ1) is 15.9. The number of carboxylic acids is 1. The van der Waals surface area contributed by atoms with E-state index in [9.17, 15) is 9.59 Å². The van der Waals surface area contributed by atoms with Crippen LogP contribution in [-0.2, 0) is 9.59 Å². The number of rotatable bonds is 9. The first-order valence-electron chi connectivity index (χ1n) is 6.99. The molecule has 1 saturated heterocycles. The summed E-state index contributed by atoms with van der Waals surface area (Å²) in [5, 5.41) is 11.5. The molecule has 0 aromatic heterocycles. The molecule has 2 N–H and O–H groups in total. The molecule has 1 fully saturated rings. The second-order valence-corrected chi connectivity index (χ2v) is 5.02. The maximum Gasteiger partial charge on any atom is 0.304 e. The molecule has 0 radical (unpaired) electrons. The van der Waals surface area contributed by atoms with E-state index in [1.54, 1.807) is 0 Å². The van der Waals surface area contributed by atoms with Crippen LogP contribution >= 0.6 is 0 Å². The van der Waals surface area contributed by atoms with Crippen LogP contribution in [0.15, 0.2) is 0 Å². The SMILES string of the molecule is CC(=O)NCCN(CCC(=O)O)CCN1CCCC1. The van der Waals surface area contributed by atoms with Crippen molar-refractivity contribution in [2.45, 2.75) is 26.2 Å². The second kappa shape index (κ2) is 8.87. The predicted molar refractivity (Wildman–Crippen MR) is 73.1 cm³/mol. The fourth-order valence-electron chi connectivity index (χ4n) is 2.27. The van der Waals surface area contributed by atoms with Crippen molar-refractivity contribution in [1.29, 1.82) is 0 Å². The highest BCUT2D eigenvalue weighted by molar-refractivity contribution is 5.72. The summed E-state index contributed by atoms with van der Waals surface area (Å²) in [6, 6.07) is 0. The summed E-state index contributed by atoms with van der Waals surface area (Å²) in [7, 11) is 0. The summed E-state index contributed by atoms with van der Waals surface area (Å²) in [5.74, 6) is -0.816. The minimum atomic E-state index is -0.773. The lowest BCUT2D eigenvalue weighted by atomic mass is 10.3. The highest BCUT2D eigenvalue weighted by atomic mass is 16.4. The van der Waals surface area contributed by atoms with Gasteiger partial charge in [0.1, 0.15) is 0 Å². The van der Waals surface area contributed by atoms with E-state index in [1.165, 1.54) is 19.8 Å². The molecule has 1 heterocycles. The van der Waals surface area contributed by atoms with Gasteiger partial charge in [-0.15, -0.1) is 0 Å². The Morgan fingerprint density at radius 1 is 1.21 bits per heavy atom. The van der Waals surface area contributed by atoms with E-state index >= 15 is 0 Å². The molecule has 0 saturated carbocycles. The molecule has 0 atom stereocenters. The van der Waals surface area contributed by atoms with Crippen LogP contribution in [-0.4, -0.2) is 72.6 Å². The van der Waals surface area contributed by atoms with E-state index in [1.807, 2.05) is 0 Å². The van der Waals surface area contributed by atoms with Gasteiger partial charge in [0.05, 0.1) is 6.42 Å². The maximum absolute atomic E-state index is 10.8. The third kappa shape index (κ3) is 7.79. The highest BCUT2D eigenvalue weighted by Crippen LogP contribution is 2.06. The Bertz CT molecular complexity index is 291. The van der Waals surface area contributed by atoms with E-state index in [2.05, 4.69) is 15.1 Å². The predicted octanol–water partition coefficient (Wildman–Crippen LogP) is -0.00500. The number of hydrogen-bond acceptors (Lipinski definition) is 4. The Hall–Kier alpha value is -1.14. The molecule has 1 aliphatic heterocycles. The molecule has 6 heteroatoms. The molecular weight excluding hydrogens is 246 g/mol. The Labute approximate surface area is 114 Å². The maximum atomic E-state index is 10.8. The van der Waals surface area contributed by atoms with Crippen LogP contribution in [0.2, 0.25) is 0 Å². The van der Waals surface area contributed by atoms with Crippen molar-refractivity contribution in [3.05, 3.63) is 0 Å². The number of carbonyl (C=O) groups is 2. The van der Waals surface area contributed by atoms with Crippen LogP contribution in [0.5, 0.6) is 0 Å². The minimum absolute atomic E-state index is 0.0438. The fraction of sp³-hybridized carbons (Fsp3) is 0.846. The van der Waals surface area contributed by atoms with Crippen molar-refractivity contribution in [2.24, 2.45) is 0 Å². The monoisotopic (exact) mass is 271 g/mol. The van der Waals surface area contributed by atoms with E-state index in [-0.39, 0.29) is 12.3 Å². The Morgan fingerprint density at radius 3 is 2.47 bits per heavy atom. The average Bonchev–Trinajstić information content (AvgIpc) is 2.84. The average molecular weight is 271 g/mol. The van der Waals surface area contributed by atoms with E-state index in [4.69, 9.17) is 5.11 Å². The summed E-state index contributed by atoms with van der Waals surface area (Å²) in [5.41, 5.74) is 0. The molecule has 19 heavy (non-hydrogen) atoms. The molecule has 0 bridgehead atoms. The summed E-state index contributed by atoms with van der Waals surface area (Å²) < 4.78 is 0. The first-order valence-corrected chi connectivity index (χ1v) is 6.99. The smallest absolute Gasteiger partial charge is 0.304 e. The second-order valence-electron chi connectivity index (χ2n) is 5.02. The Kier molecular flexibility index (Phi) is 7.43. The van der Waals surface area contributed by atoms with Crippen LogP contribution in [0.3, 0.4) is 0 Å². The lowest BCUT2D eigenvalue weighted by Crippen LogP contribution is -2.39. The van der Waals surface area contributed by atoms with E-state index in [0.29, 0.717) is 19.6 Å². The van der Waals surface area contributed by atoms with Crippen LogP contribution < -0.4 is 5.32 Å². The highest BCUT2D eigenvalue weighted by Gasteiger charge is 2.13. The van der Waals surface area contributed by atoms with Crippen molar-refractivity contribution in [1.82, 2.24) is 15.1 Å². The van der Waals surface area contributed by atoms with Gasteiger partial charge >= 0.3 is 5.97 Å². The lowest BCUT2D eigenvalue weighted by molar-refractivity contribution is -0.137. The van der Waals surface area contributed by atoms with Gasteiger partial charge in [-0.2, -0.15) is 0 Å². The third-order valence-electron chi connectivity index (χ3n) is 3.38.